The molecule has 2 aromatic rings. The third-order valence-electron chi connectivity index (χ3n) is 2.25. The molecule has 2 heterocycles. The van der Waals surface area contributed by atoms with Crippen LogP contribution in [0.15, 0.2) is 12.4 Å². The minimum atomic E-state index is -0.577. The van der Waals surface area contributed by atoms with Crippen LogP contribution in [0.2, 0.25) is 0 Å². The van der Waals surface area contributed by atoms with Gasteiger partial charge in [0.2, 0.25) is 0 Å². The number of aromatic nitrogens is 6. The fourth-order valence-corrected chi connectivity index (χ4v) is 1.49. The van der Waals surface area contributed by atoms with Crippen LogP contribution in [-0.2, 0) is 6.42 Å². The highest BCUT2D eigenvalue weighted by Gasteiger charge is 2.20. The molecule has 0 aliphatic carbocycles. The molecule has 8 heteroatoms. The van der Waals surface area contributed by atoms with Crippen LogP contribution in [0.4, 0.5) is 4.79 Å². The molecule has 0 saturated carbocycles. The molecule has 0 bridgehead atoms. The molecular weight excluding hydrogens is 234 g/mol. The SMILES string of the molecule is CC(C)Cc1nnn(C(=O)n2ccnn2)c1C#N. The summed E-state index contributed by atoms with van der Waals surface area (Å²) in [5.74, 6) is 0.323. The Labute approximate surface area is 103 Å². The molecule has 0 radical (unpaired) electrons. The lowest BCUT2D eigenvalue weighted by molar-refractivity contribution is 0.237. The summed E-state index contributed by atoms with van der Waals surface area (Å²) in [6.07, 6.45) is 3.34. The van der Waals surface area contributed by atoms with Gasteiger partial charge in [-0.1, -0.05) is 24.3 Å². The van der Waals surface area contributed by atoms with Crippen molar-refractivity contribution in [3.05, 3.63) is 23.8 Å². The van der Waals surface area contributed by atoms with E-state index < -0.39 is 6.03 Å². The molecule has 2 aromatic heterocycles. The number of carbonyl (C=O) groups excluding carboxylic acids is 1. The minimum Gasteiger partial charge on any atom is -0.243 e. The van der Waals surface area contributed by atoms with E-state index >= 15 is 0 Å². The molecule has 0 aliphatic heterocycles. The zero-order valence-corrected chi connectivity index (χ0v) is 9.98. The first-order valence-electron chi connectivity index (χ1n) is 5.39. The monoisotopic (exact) mass is 245 g/mol. The molecule has 8 nitrogen and oxygen atoms in total. The largest absolute Gasteiger partial charge is 0.373 e. The first kappa shape index (κ1) is 11.9. The van der Waals surface area contributed by atoms with Crippen molar-refractivity contribution in [1.29, 1.82) is 5.26 Å². The van der Waals surface area contributed by atoms with Crippen LogP contribution in [0, 0.1) is 17.2 Å². The normalized spacial score (nSPS) is 10.6. The Bertz CT molecular complexity index is 590. The maximum absolute atomic E-state index is 12.0. The van der Waals surface area contributed by atoms with Crippen molar-refractivity contribution in [3.63, 3.8) is 0 Å². The van der Waals surface area contributed by atoms with Gasteiger partial charge in [0.15, 0.2) is 5.69 Å². The fraction of sp³-hybridized carbons (Fsp3) is 0.400. The highest BCUT2D eigenvalue weighted by Crippen LogP contribution is 2.10. The molecule has 0 saturated heterocycles. The number of rotatable bonds is 2. The van der Waals surface area contributed by atoms with Gasteiger partial charge in [0.05, 0.1) is 12.4 Å². The molecule has 0 fully saturated rings. The van der Waals surface area contributed by atoms with Gasteiger partial charge in [-0.05, 0) is 12.3 Å². The average molecular weight is 245 g/mol. The summed E-state index contributed by atoms with van der Waals surface area (Å²) in [5.41, 5.74) is 0.658. The second-order valence-corrected chi connectivity index (χ2v) is 4.14. The molecule has 0 aromatic carbocycles. The molecule has 0 spiro atoms. The van der Waals surface area contributed by atoms with Crippen molar-refractivity contribution in [2.24, 2.45) is 5.92 Å². The van der Waals surface area contributed by atoms with Crippen molar-refractivity contribution in [1.82, 2.24) is 30.0 Å². The van der Waals surface area contributed by atoms with E-state index in [-0.39, 0.29) is 5.69 Å². The van der Waals surface area contributed by atoms with Crippen LogP contribution in [0.25, 0.3) is 0 Å². The van der Waals surface area contributed by atoms with Crippen molar-refractivity contribution in [2.75, 3.05) is 0 Å². The second-order valence-electron chi connectivity index (χ2n) is 4.14. The Morgan fingerprint density at radius 1 is 1.50 bits per heavy atom. The maximum Gasteiger partial charge on any atom is 0.373 e. The van der Waals surface area contributed by atoms with Crippen LogP contribution in [0.1, 0.15) is 25.2 Å². The smallest absolute Gasteiger partial charge is 0.243 e. The van der Waals surface area contributed by atoms with Crippen molar-refractivity contribution in [2.45, 2.75) is 20.3 Å². The molecule has 0 atom stereocenters. The molecule has 0 amide bonds. The highest BCUT2D eigenvalue weighted by molar-refractivity contribution is 5.78. The summed E-state index contributed by atoms with van der Waals surface area (Å²) in [4.78, 5) is 12.0. The molecule has 18 heavy (non-hydrogen) atoms. The van der Waals surface area contributed by atoms with Crippen molar-refractivity contribution in [3.8, 4) is 6.07 Å². The topological polar surface area (TPSA) is 102 Å². The van der Waals surface area contributed by atoms with E-state index in [2.05, 4.69) is 20.6 Å². The van der Waals surface area contributed by atoms with Gasteiger partial charge < -0.3 is 0 Å². The Morgan fingerprint density at radius 3 is 2.83 bits per heavy atom. The number of carbonyl (C=O) groups is 1. The summed E-state index contributed by atoms with van der Waals surface area (Å²) in [5, 5.41) is 23.8. The number of nitriles is 1. The first-order valence-corrected chi connectivity index (χ1v) is 5.39. The summed E-state index contributed by atoms with van der Waals surface area (Å²) >= 11 is 0. The summed E-state index contributed by atoms with van der Waals surface area (Å²) in [6, 6.07) is 1.37. The Kier molecular flexibility index (Phi) is 3.14. The number of hydrogen-bond acceptors (Lipinski definition) is 6. The Balaban J connectivity index is 2.38. The first-order chi connectivity index (χ1) is 8.63. The van der Waals surface area contributed by atoms with E-state index in [9.17, 15) is 4.79 Å². The van der Waals surface area contributed by atoms with E-state index in [0.29, 0.717) is 18.0 Å². The van der Waals surface area contributed by atoms with Crippen molar-refractivity contribution < 1.29 is 4.79 Å². The Morgan fingerprint density at radius 2 is 2.28 bits per heavy atom. The molecule has 0 unspecified atom stereocenters. The average Bonchev–Trinajstić information content (AvgIpc) is 2.95. The third-order valence-corrected chi connectivity index (χ3v) is 2.25. The van der Waals surface area contributed by atoms with E-state index in [0.717, 1.165) is 9.36 Å². The van der Waals surface area contributed by atoms with E-state index in [1.807, 2.05) is 19.9 Å². The van der Waals surface area contributed by atoms with Gasteiger partial charge in [-0.15, -0.1) is 14.9 Å². The Hall–Kier alpha value is -2.56. The van der Waals surface area contributed by atoms with E-state index in [1.54, 1.807) is 0 Å². The van der Waals surface area contributed by atoms with Gasteiger partial charge in [0, 0.05) is 0 Å². The third kappa shape index (κ3) is 2.10. The quantitative estimate of drug-likeness (QED) is 0.761. The highest BCUT2D eigenvalue weighted by atomic mass is 16.2. The van der Waals surface area contributed by atoms with Crippen LogP contribution in [0.5, 0.6) is 0 Å². The fourth-order valence-electron chi connectivity index (χ4n) is 1.49. The second kappa shape index (κ2) is 4.75. The lowest BCUT2D eigenvalue weighted by atomic mass is 10.1. The van der Waals surface area contributed by atoms with Gasteiger partial charge in [-0.2, -0.15) is 9.94 Å². The lowest BCUT2D eigenvalue weighted by Crippen LogP contribution is -2.22. The van der Waals surface area contributed by atoms with Crippen molar-refractivity contribution >= 4 is 6.03 Å². The zero-order valence-electron chi connectivity index (χ0n) is 9.98. The van der Waals surface area contributed by atoms with Gasteiger partial charge in [0.1, 0.15) is 11.8 Å². The number of nitrogens with zero attached hydrogens (tertiary/aromatic N) is 7. The predicted octanol–water partition coefficient (Wildman–Crippen LogP) is 0.456. The van der Waals surface area contributed by atoms with Gasteiger partial charge in [-0.3, -0.25) is 0 Å². The summed E-state index contributed by atoms with van der Waals surface area (Å²) in [6.45, 7) is 4.00. The van der Waals surface area contributed by atoms with Crippen LogP contribution >= 0.6 is 0 Å². The molecule has 92 valence electrons. The number of hydrogen-bond donors (Lipinski definition) is 0. The summed E-state index contributed by atoms with van der Waals surface area (Å²) < 4.78 is 1.93. The molecule has 0 N–H and O–H groups in total. The zero-order chi connectivity index (χ0) is 13.1. The predicted molar refractivity (Wildman–Crippen MR) is 59.5 cm³/mol. The summed E-state index contributed by atoms with van der Waals surface area (Å²) in [7, 11) is 0. The molecule has 0 aliphatic rings. The van der Waals surface area contributed by atoms with E-state index in [4.69, 9.17) is 5.26 Å². The lowest BCUT2D eigenvalue weighted by Gasteiger charge is -2.01. The van der Waals surface area contributed by atoms with Crippen LogP contribution < -0.4 is 0 Å². The van der Waals surface area contributed by atoms with Crippen LogP contribution in [0.3, 0.4) is 0 Å². The van der Waals surface area contributed by atoms with Crippen LogP contribution in [-0.4, -0.2) is 36.0 Å². The molecule has 2 rings (SSSR count). The standard InChI is InChI=1S/C10H11N7O/c1-7(2)5-8-9(6-11)17(15-13-8)10(18)16-4-3-12-14-16/h3-4,7H,5H2,1-2H3. The van der Waals surface area contributed by atoms with Gasteiger partial charge in [-0.25, -0.2) is 4.79 Å². The van der Waals surface area contributed by atoms with E-state index in [1.165, 1.54) is 12.4 Å². The van der Waals surface area contributed by atoms with Gasteiger partial charge >= 0.3 is 6.03 Å². The minimum absolute atomic E-state index is 0.143. The van der Waals surface area contributed by atoms with Gasteiger partial charge in [0.25, 0.3) is 0 Å². The maximum atomic E-state index is 12.0. The molecular formula is C10H11N7O.